The van der Waals surface area contributed by atoms with E-state index in [0.29, 0.717) is 11.3 Å². The van der Waals surface area contributed by atoms with E-state index in [0.717, 1.165) is 22.5 Å². The van der Waals surface area contributed by atoms with Crippen molar-refractivity contribution < 1.29 is 9.90 Å². The van der Waals surface area contributed by atoms with E-state index in [1.54, 1.807) is 21.3 Å². The van der Waals surface area contributed by atoms with Crippen LogP contribution in [0.5, 0.6) is 5.75 Å². The smallest absolute Gasteiger partial charge is 0.252 e. The molecule has 1 atom stereocenters. The van der Waals surface area contributed by atoms with Crippen molar-refractivity contribution in [3.8, 4) is 22.7 Å². The second-order valence-corrected chi connectivity index (χ2v) is 8.75. The molecule has 31 heavy (non-hydrogen) atoms. The Morgan fingerprint density at radius 3 is 2.55 bits per heavy atom. The number of benzene rings is 1. The van der Waals surface area contributed by atoms with Gasteiger partial charge in [-0.2, -0.15) is 10.2 Å². The summed E-state index contributed by atoms with van der Waals surface area (Å²) in [6.45, 7) is 8.46. The second-order valence-electron chi connectivity index (χ2n) is 8.75. The van der Waals surface area contributed by atoms with Gasteiger partial charge in [-0.05, 0) is 48.7 Å². The number of aromatic nitrogens is 4. The predicted molar refractivity (Wildman–Crippen MR) is 120 cm³/mol. The molecule has 1 aromatic carbocycles. The van der Waals surface area contributed by atoms with Crippen molar-refractivity contribution in [1.82, 2.24) is 19.4 Å². The van der Waals surface area contributed by atoms with Crippen LogP contribution in [0.25, 0.3) is 22.5 Å². The molecular weight excluding hydrogens is 392 g/mol. The number of nitrogens with zero attached hydrogens (tertiary/aromatic N) is 4. The minimum Gasteiger partial charge on any atom is -0.508 e. The third-order valence-electron chi connectivity index (χ3n) is 5.56. The van der Waals surface area contributed by atoms with Crippen LogP contribution >= 0.6 is 0 Å². The van der Waals surface area contributed by atoms with Gasteiger partial charge in [0.2, 0.25) is 0 Å². The van der Waals surface area contributed by atoms with Crippen molar-refractivity contribution in [3.05, 3.63) is 60.6 Å². The lowest BCUT2D eigenvalue weighted by atomic mass is 9.88. The van der Waals surface area contributed by atoms with Crippen molar-refractivity contribution in [1.29, 1.82) is 0 Å². The number of anilines is 1. The summed E-state index contributed by atoms with van der Waals surface area (Å²) in [6, 6.07) is 10.8. The van der Waals surface area contributed by atoms with Crippen molar-refractivity contribution in [2.24, 2.45) is 11.1 Å². The van der Waals surface area contributed by atoms with Gasteiger partial charge in [0.15, 0.2) is 0 Å². The zero-order chi connectivity index (χ0) is 22.3. The molecule has 4 N–H and O–H groups in total. The summed E-state index contributed by atoms with van der Waals surface area (Å²) in [7, 11) is 0. The Balaban J connectivity index is 1.77. The van der Waals surface area contributed by atoms with Gasteiger partial charge in [0.05, 0.1) is 40.5 Å². The molecule has 0 aliphatic heterocycles. The molecule has 0 unspecified atom stereocenters. The third kappa shape index (κ3) is 3.96. The molecule has 1 amide bonds. The lowest BCUT2D eigenvalue weighted by Crippen LogP contribution is -2.32. The number of phenols is 1. The SMILES string of the molecule is C[C@@H](Nc1c(C(N)=O)cnn2cc(-n3ccc(-c4ccc(O)cc4)n3)cc12)C(C)(C)C. The monoisotopic (exact) mass is 418 g/mol. The number of carbonyl (C=O) groups is 1. The van der Waals surface area contributed by atoms with Gasteiger partial charge in [-0.1, -0.05) is 20.8 Å². The van der Waals surface area contributed by atoms with Crippen LogP contribution in [-0.4, -0.2) is 36.5 Å². The van der Waals surface area contributed by atoms with E-state index in [4.69, 9.17) is 5.73 Å². The largest absolute Gasteiger partial charge is 0.508 e. The Morgan fingerprint density at radius 1 is 1.19 bits per heavy atom. The van der Waals surface area contributed by atoms with Crippen LogP contribution in [0.1, 0.15) is 38.1 Å². The number of primary amides is 1. The molecule has 0 bridgehead atoms. The Kier molecular flexibility index (Phi) is 4.93. The Labute approximate surface area is 180 Å². The maximum atomic E-state index is 12.1. The van der Waals surface area contributed by atoms with Gasteiger partial charge < -0.3 is 16.2 Å². The molecular formula is C23H26N6O2. The summed E-state index contributed by atoms with van der Waals surface area (Å²) in [4.78, 5) is 12.1. The maximum Gasteiger partial charge on any atom is 0.252 e. The minimum atomic E-state index is -0.532. The fourth-order valence-corrected chi connectivity index (χ4v) is 3.19. The van der Waals surface area contributed by atoms with Gasteiger partial charge in [-0.15, -0.1) is 0 Å². The Bertz CT molecular complexity index is 1250. The average molecular weight is 419 g/mol. The molecule has 160 valence electrons. The van der Waals surface area contributed by atoms with Crippen LogP contribution in [0.15, 0.2) is 55.0 Å². The number of hydrogen-bond acceptors (Lipinski definition) is 5. The van der Waals surface area contributed by atoms with Gasteiger partial charge in [0.25, 0.3) is 5.91 Å². The second kappa shape index (κ2) is 7.46. The van der Waals surface area contributed by atoms with Crippen LogP contribution in [0.2, 0.25) is 0 Å². The number of hydrogen-bond donors (Lipinski definition) is 3. The van der Waals surface area contributed by atoms with Crippen LogP contribution in [0.3, 0.4) is 0 Å². The van der Waals surface area contributed by atoms with Crippen LogP contribution in [0, 0.1) is 5.41 Å². The molecule has 0 aliphatic carbocycles. The molecule has 0 aliphatic rings. The number of phenolic OH excluding ortho intramolecular Hbond substituents is 1. The molecule has 8 nitrogen and oxygen atoms in total. The van der Waals surface area contributed by atoms with Crippen LogP contribution in [0.4, 0.5) is 5.69 Å². The van der Waals surface area contributed by atoms with Gasteiger partial charge in [-0.25, -0.2) is 9.20 Å². The number of carbonyl (C=O) groups excluding carboxylic acids is 1. The molecule has 0 fully saturated rings. The molecule has 3 heterocycles. The van der Waals surface area contributed by atoms with Crippen molar-refractivity contribution >= 4 is 17.1 Å². The molecule has 0 spiro atoms. The Hall–Kier alpha value is -3.81. The first-order chi connectivity index (χ1) is 14.6. The lowest BCUT2D eigenvalue weighted by Gasteiger charge is -2.29. The fourth-order valence-electron chi connectivity index (χ4n) is 3.19. The van der Waals surface area contributed by atoms with Gasteiger partial charge in [-0.3, -0.25) is 4.79 Å². The molecule has 4 rings (SSSR count). The molecule has 0 saturated carbocycles. The van der Waals surface area contributed by atoms with E-state index >= 15 is 0 Å². The number of nitrogens with one attached hydrogen (secondary N) is 1. The molecule has 4 aromatic rings. The van der Waals surface area contributed by atoms with Gasteiger partial charge in [0, 0.05) is 17.8 Å². The standard InChI is InChI=1S/C23H26N6O2/c1-14(23(2,3)4)26-21-18(22(24)31)12-25-29-13-16(11-20(21)29)28-10-9-19(27-28)15-5-7-17(30)8-6-15/h5-14,26,30H,1-4H3,(H2,24,31)/t14-/m1/s1. The minimum absolute atomic E-state index is 0.0222. The molecule has 0 radical (unpaired) electrons. The zero-order valence-corrected chi connectivity index (χ0v) is 18.0. The highest BCUT2D eigenvalue weighted by molar-refractivity contribution is 6.02. The van der Waals surface area contributed by atoms with Crippen LogP contribution < -0.4 is 11.1 Å². The predicted octanol–water partition coefficient (Wildman–Crippen LogP) is 3.84. The summed E-state index contributed by atoms with van der Waals surface area (Å²) in [5.41, 5.74) is 9.82. The highest BCUT2D eigenvalue weighted by Gasteiger charge is 2.24. The summed E-state index contributed by atoms with van der Waals surface area (Å²) in [5.74, 6) is -0.322. The average Bonchev–Trinajstić information content (AvgIpc) is 3.35. The van der Waals surface area contributed by atoms with E-state index in [2.05, 4.69) is 43.2 Å². The summed E-state index contributed by atoms with van der Waals surface area (Å²) in [6.07, 6.45) is 5.19. The van der Waals surface area contributed by atoms with Gasteiger partial charge >= 0.3 is 0 Å². The first kappa shape index (κ1) is 20.5. The lowest BCUT2D eigenvalue weighted by molar-refractivity contribution is 0.100. The molecule has 0 saturated heterocycles. The van der Waals surface area contributed by atoms with E-state index in [-0.39, 0.29) is 17.2 Å². The first-order valence-corrected chi connectivity index (χ1v) is 10.1. The summed E-state index contributed by atoms with van der Waals surface area (Å²) in [5, 5.41) is 22.0. The zero-order valence-electron chi connectivity index (χ0n) is 18.0. The topological polar surface area (TPSA) is 110 Å². The number of fused-ring (bicyclic) bond motifs is 1. The van der Waals surface area contributed by atoms with Crippen LogP contribution in [-0.2, 0) is 0 Å². The van der Waals surface area contributed by atoms with Crippen molar-refractivity contribution in [2.75, 3.05) is 5.32 Å². The van der Waals surface area contributed by atoms with E-state index in [1.165, 1.54) is 6.20 Å². The fraction of sp³-hybridized carbons (Fsp3) is 0.261. The molecule has 3 aromatic heterocycles. The number of nitrogens with two attached hydrogens (primary N) is 1. The number of aromatic hydroxyl groups is 1. The number of rotatable bonds is 5. The van der Waals surface area contributed by atoms with E-state index in [9.17, 15) is 9.90 Å². The third-order valence-corrected chi connectivity index (χ3v) is 5.56. The van der Waals surface area contributed by atoms with E-state index < -0.39 is 5.91 Å². The molecule has 8 heteroatoms. The first-order valence-electron chi connectivity index (χ1n) is 10.1. The quantitative estimate of drug-likeness (QED) is 0.456. The summed E-state index contributed by atoms with van der Waals surface area (Å²) < 4.78 is 3.46. The highest BCUT2D eigenvalue weighted by Crippen LogP contribution is 2.30. The normalized spacial score (nSPS) is 12.8. The van der Waals surface area contributed by atoms with Gasteiger partial charge in [0.1, 0.15) is 5.75 Å². The van der Waals surface area contributed by atoms with Crippen molar-refractivity contribution in [3.63, 3.8) is 0 Å². The number of amides is 1. The maximum absolute atomic E-state index is 12.1. The van der Waals surface area contributed by atoms with Crippen molar-refractivity contribution in [2.45, 2.75) is 33.7 Å². The Morgan fingerprint density at radius 2 is 1.90 bits per heavy atom. The highest BCUT2D eigenvalue weighted by atomic mass is 16.3. The van der Waals surface area contributed by atoms with E-state index in [1.807, 2.05) is 36.7 Å². The summed E-state index contributed by atoms with van der Waals surface area (Å²) >= 11 is 0.